The Morgan fingerprint density at radius 2 is 1.70 bits per heavy atom. The summed E-state index contributed by atoms with van der Waals surface area (Å²) in [6, 6.07) is 10.2. The number of amides is 1. The van der Waals surface area contributed by atoms with Gasteiger partial charge in [-0.05, 0) is 42.3 Å². The molecule has 1 atom stereocenters. The number of benzene rings is 2. The Morgan fingerprint density at radius 1 is 1.09 bits per heavy atom. The van der Waals surface area contributed by atoms with E-state index in [-0.39, 0.29) is 12.1 Å². The summed E-state index contributed by atoms with van der Waals surface area (Å²) in [5.41, 5.74) is -0.185. The highest BCUT2D eigenvalue weighted by Gasteiger charge is 2.30. The van der Waals surface area contributed by atoms with E-state index < -0.39 is 28.3 Å². The predicted molar refractivity (Wildman–Crippen MR) is 82.9 cm³/mol. The largest absolute Gasteiger partial charge is 0.416 e. The minimum atomic E-state index is -4.43. The fourth-order valence-corrected chi connectivity index (χ4v) is 2.38. The van der Waals surface area contributed by atoms with Gasteiger partial charge in [0.15, 0.2) is 0 Å². The van der Waals surface area contributed by atoms with Crippen LogP contribution >= 0.6 is 15.9 Å². The smallest absolute Gasteiger partial charge is 0.325 e. The van der Waals surface area contributed by atoms with Crippen LogP contribution in [0.3, 0.4) is 0 Å². The molecule has 23 heavy (non-hydrogen) atoms. The van der Waals surface area contributed by atoms with Crippen molar-refractivity contribution in [3.8, 4) is 0 Å². The van der Waals surface area contributed by atoms with Crippen molar-refractivity contribution < 1.29 is 22.4 Å². The van der Waals surface area contributed by atoms with E-state index in [1.807, 2.05) is 0 Å². The Kier molecular flexibility index (Phi) is 5.41. The van der Waals surface area contributed by atoms with Crippen molar-refractivity contribution in [1.82, 2.24) is 0 Å². The SMILES string of the molecule is O=C(Nc1ccc(C(F)(F)F)cc1)C(Br)Cc1ccccc1F. The molecule has 1 amide bonds. The third kappa shape index (κ3) is 4.79. The molecule has 0 saturated carbocycles. The van der Waals surface area contributed by atoms with Crippen LogP contribution in [-0.2, 0) is 17.4 Å². The number of rotatable bonds is 4. The van der Waals surface area contributed by atoms with Gasteiger partial charge in [-0.2, -0.15) is 13.2 Å². The topological polar surface area (TPSA) is 29.1 Å². The molecule has 0 saturated heterocycles. The van der Waals surface area contributed by atoms with E-state index in [4.69, 9.17) is 0 Å². The van der Waals surface area contributed by atoms with Gasteiger partial charge in [-0.3, -0.25) is 4.79 Å². The molecular weight excluding hydrogens is 378 g/mol. The fourth-order valence-electron chi connectivity index (χ4n) is 1.91. The first kappa shape index (κ1) is 17.5. The zero-order chi connectivity index (χ0) is 17.0. The molecule has 122 valence electrons. The van der Waals surface area contributed by atoms with Crippen molar-refractivity contribution in [2.45, 2.75) is 17.4 Å². The maximum absolute atomic E-state index is 13.5. The maximum atomic E-state index is 13.5. The molecule has 0 aliphatic carbocycles. The number of hydrogen-bond acceptors (Lipinski definition) is 1. The Labute approximate surface area is 138 Å². The van der Waals surface area contributed by atoms with Crippen molar-refractivity contribution in [3.05, 3.63) is 65.5 Å². The number of hydrogen-bond donors (Lipinski definition) is 1. The third-order valence-electron chi connectivity index (χ3n) is 3.12. The van der Waals surface area contributed by atoms with E-state index in [1.54, 1.807) is 18.2 Å². The molecule has 2 nitrogen and oxygen atoms in total. The first-order valence-corrected chi connectivity index (χ1v) is 7.54. The highest BCUT2D eigenvalue weighted by molar-refractivity contribution is 9.10. The molecule has 0 aliphatic heterocycles. The first-order chi connectivity index (χ1) is 10.8. The van der Waals surface area contributed by atoms with Gasteiger partial charge in [0.2, 0.25) is 5.91 Å². The lowest BCUT2D eigenvalue weighted by Crippen LogP contribution is -2.25. The number of nitrogens with one attached hydrogen (secondary N) is 1. The summed E-state index contributed by atoms with van der Waals surface area (Å²) in [7, 11) is 0. The van der Waals surface area contributed by atoms with Crippen molar-refractivity contribution in [1.29, 1.82) is 0 Å². The highest BCUT2D eigenvalue weighted by Crippen LogP contribution is 2.29. The summed E-state index contributed by atoms with van der Waals surface area (Å²) >= 11 is 3.16. The molecule has 7 heteroatoms. The summed E-state index contributed by atoms with van der Waals surface area (Å²) in [4.78, 5) is 11.3. The zero-order valence-corrected chi connectivity index (χ0v) is 13.3. The highest BCUT2D eigenvalue weighted by atomic mass is 79.9. The molecule has 1 unspecified atom stereocenters. The third-order valence-corrected chi connectivity index (χ3v) is 3.86. The molecule has 0 aromatic heterocycles. The van der Waals surface area contributed by atoms with Crippen molar-refractivity contribution in [2.75, 3.05) is 5.32 Å². The van der Waals surface area contributed by atoms with Gasteiger partial charge in [-0.25, -0.2) is 4.39 Å². The van der Waals surface area contributed by atoms with Crippen molar-refractivity contribution in [3.63, 3.8) is 0 Å². The van der Waals surface area contributed by atoms with Gasteiger partial charge in [0.25, 0.3) is 0 Å². The Morgan fingerprint density at radius 3 is 2.26 bits per heavy atom. The van der Waals surface area contributed by atoms with E-state index in [9.17, 15) is 22.4 Å². The standard InChI is InChI=1S/C16H12BrF4NO/c17-13(9-10-3-1-2-4-14(10)18)15(23)22-12-7-5-11(6-8-12)16(19,20)21/h1-8,13H,9H2,(H,22,23). The zero-order valence-electron chi connectivity index (χ0n) is 11.7. The number of halogens is 5. The fraction of sp³-hybridized carbons (Fsp3) is 0.188. The molecule has 0 heterocycles. The van der Waals surface area contributed by atoms with Crippen LogP contribution in [0.5, 0.6) is 0 Å². The van der Waals surface area contributed by atoms with E-state index in [2.05, 4.69) is 21.2 Å². The van der Waals surface area contributed by atoms with Gasteiger partial charge >= 0.3 is 6.18 Å². The molecule has 0 spiro atoms. The van der Waals surface area contributed by atoms with Gasteiger partial charge in [0, 0.05) is 5.69 Å². The summed E-state index contributed by atoms with van der Waals surface area (Å²) in [5, 5.41) is 2.48. The van der Waals surface area contributed by atoms with Crippen LogP contribution in [0, 0.1) is 5.82 Å². The monoisotopic (exact) mass is 389 g/mol. The second-order valence-electron chi connectivity index (χ2n) is 4.83. The molecule has 2 aromatic rings. The van der Waals surface area contributed by atoms with Crippen LogP contribution in [0.2, 0.25) is 0 Å². The normalized spacial score (nSPS) is 12.7. The van der Waals surface area contributed by atoms with Crippen LogP contribution in [0.25, 0.3) is 0 Å². The van der Waals surface area contributed by atoms with Crippen molar-refractivity contribution in [2.24, 2.45) is 0 Å². The van der Waals surface area contributed by atoms with E-state index >= 15 is 0 Å². The van der Waals surface area contributed by atoms with E-state index in [0.29, 0.717) is 5.56 Å². The number of carbonyl (C=O) groups is 1. The molecule has 0 radical (unpaired) electrons. The van der Waals surface area contributed by atoms with Crippen LogP contribution in [-0.4, -0.2) is 10.7 Å². The minimum Gasteiger partial charge on any atom is -0.325 e. The average molecular weight is 390 g/mol. The second-order valence-corrected chi connectivity index (χ2v) is 5.93. The second kappa shape index (κ2) is 7.12. The Balaban J connectivity index is 2.00. The van der Waals surface area contributed by atoms with Gasteiger partial charge < -0.3 is 5.32 Å². The van der Waals surface area contributed by atoms with Gasteiger partial charge in [-0.15, -0.1) is 0 Å². The summed E-state index contributed by atoms with van der Waals surface area (Å²) in [5.74, 6) is -0.882. The Hall–Kier alpha value is -1.89. The molecule has 2 rings (SSSR count). The number of anilines is 1. The quantitative estimate of drug-likeness (QED) is 0.591. The molecule has 0 aliphatic rings. The van der Waals surface area contributed by atoms with Gasteiger partial charge in [-0.1, -0.05) is 34.1 Å². The minimum absolute atomic E-state index is 0.124. The molecular formula is C16H12BrF4NO. The van der Waals surface area contributed by atoms with Crippen LogP contribution in [0.15, 0.2) is 48.5 Å². The van der Waals surface area contributed by atoms with Crippen LogP contribution in [0.1, 0.15) is 11.1 Å². The molecule has 2 aromatic carbocycles. The summed E-state index contributed by atoms with van der Waals surface area (Å²) < 4.78 is 50.9. The maximum Gasteiger partial charge on any atom is 0.416 e. The summed E-state index contributed by atoms with van der Waals surface area (Å²) in [6.45, 7) is 0. The predicted octanol–water partition coefficient (Wildman–Crippen LogP) is 4.79. The van der Waals surface area contributed by atoms with Gasteiger partial charge in [0.1, 0.15) is 5.82 Å². The van der Waals surface area contributed by atoms with Crippen LogP contribution in [0.4, 0.5) is 23.2 Å². The molecule has 1 N–H and O–H groups in total. The van der Waals surface area contributed by atoms with E-state index in [1.165, 1.54) is 18.2 Å². The van der Waals surface area contributed by atoms with Crippen molar-refractivity contribution >= 4 is 27.5 Å². The number of carbonyl (C=O) groups excluding carboxylic acids is 1. The van der Waals surface area contributed by atoms with E-state index in [0.717, 1.165) is 12.1 Å². The average Bonchev–Trinajstić information content (AvgIpc) is 2.49. The lowest BCUT2D eigenvalue weighted by Gasteiger charge is -2.12. The lowest BCUT2D eigenvalue weighted by molar-refractivity contribution is -0.137. The summed E-state index contributed by atoms with van der Waals surface area (Å²) in [6.07, 6.45) is -4.30. The Bertz CT molecular complexity index is 685. The van der Waals surface area contributed by atoms with Gasteiger partial charge in [0.05, 0.1) is 10.4 Å². The van der Waals surface area contributed by atoms with Crippen LogP contribution < -0.4 is 5.32 Å². The molecule has 0 fully saturated rings. The lowest BCUT2D eigenvalue weighted by atomic mass is 10.1. The number of alkyl halides is 4. The first-order valence-electron chi connectivity index (χ1n) is 6.63. The molecule has 0 bridgehead atoms.